The summed E-state index contributed by atoms with van der Waals surface area (Å²) in [6.07, 6.45) is 4.74. The fourth-order valence-corrected chi connectivity index (χ4v) is 1.97. The Bertz CT molecular complexity index is 413. The third-order valence-corrected chi connectivity index (χ3v) is 3.01. The number of rotatable bonds is 12. The van der Waals surface area contributed by atoms with E-state index < -0.39 is 0 Å². The van der Waals surface area contributed by atoms with E-state index in [0.29, 0.717) is 13.2 Å². The van der Waals surface area contributed by atoms with Crippen LogP contribution in [0.1, 0.15) is 31.7 Å². The molecule has 0 saturated heterocycles. The van der Waals surface area contributed by atoms with Crippen LogP contribution in [0, 0.1) is 0 Å². The maximum Gasteiger partial charge on any atom is 0.161 e. The molecule has 126 valence electrons. The van der Waals surface area contributed by atoms with Crippen LogP contribution >= 0.6 is 12.4 Å². The Morgan fingerprint density at radius 2 is 2.00 bits per heavy atom. The van der Waals surface area contributed by atoms with Crippen molar-refractivity contribution in [1.29, 1.82) is 0 Å². The van der Waals surface area contributed by atoms with Gasteiger partial charge in [-0.05, 0) is 50.4 Å². The molecule has 0 amide bonds. The van der Waals surface area contributed by atoms with Crippen LogP contribution in [0.2, 0.25) is 0 Å². The predicted molar refractivity (Wildman–Crippen MR) is 93.2 cm³/mol. The van der Waals surface area contributed by atoms with Gasteiger partial charge in [0.15, 0.2) is 11.5 Å². The number of aliphatic hydroxyl groups excluding tert-OH is 1. The first kappa shape index (κ1) is 20.8. The molecule has 0 saturated carbocycles. The Labute approximate surface area is 139 Å². The van der Waals surface area contributed by atoms with Gasteiger partial charge in [-0.15, -0.1) is 12.4 Å². The molecule has 1 aromatic carbocycles. The number of benzene rings is 1. The van der Waals surface area contributed by atoms with Crippen molar-refractivity contribution in [2.24, 2.45) is 0 Å². The first-order chi connectivity index (χ1) is 10.3. The molecule has 0 atom stereocenters. The quantitative estimate of drug-likeness (QED) is 0.456. The fraction of sp³-hybridized carbons (Fsp3) is 0.529. The van der Waals surface area contributed by atoms with Crippen LogP contribution in [0.5, 0.6) is 11.5 Å². The van der Waals surface area contributed by atoms with Crippen LogP contribution < -0.4 is 14.8 Å². The van der Waals surface area contributed by atoms with Crippen LogP contribution in [0.4, 0.5) is 0 Å². The van der Waals surface area contributed by atoms with Crippen molar-refractivity contribution >= 4 is 12.4 Å². The van der Waals surface area contributed by atoms with E-state index in [1.54, 1.807) is 6.08 Å². The van der Waals surface area contributed by atoms with Gasteiger partial charge in [0.05, 0.1) is 6.61 Å². The summed E-state index contributed by atoms with van der Waals surface area (Å²) in [5.74, 6) is 1.53. The molecule has 0 aliphatic heterocycles. The van der Waals surface area contributed by atoms with Crippen molar-refractivity contribution in [2.45, 2.75) is 32.7 Å². The minimum atomic E-state index is 0. The van der Waals surface area contributed by atoms with Gasteiger partial charge in [-0.3, -0.25) is 0 Å². The van der Waals surface area contributed by atoms with Crippen molar-refractivity contribution in [3.63, 3.8) is 0 Å². The van der Waals surface area contributed by atoms with Crippen molar-refractivity contribution < 1.29 is 14.6 Å². The van der Waals surface area contributed by atoms with Gasteiger partial charge in [-0.25, -0.2) is 0 Å². The zero-order valence-corrected chi connectivity index (χ0v) is 14.2. The summed E-state index contributed by atoms with van der Waals surface area (Å²) in [5.41, 5.74) is 1.17. The van der Waals surface area contributed by atoms with E-state index in [9.17, 15) is 0 Å². The summed E-state index contributed by atoms with van der Waals surface area (Å²) in [5, 5.41) is 12.1. The largest absolute Gasteiger partial charge is 0.490 e. The molecule has 1 aromatic rings. The molecule has 0 fully saturated rings. The van der Waals surface area contributed by atoms with Crippen LogP contribution in [-0.4, -0.2) is 31.5 Å². The zero-order valence-electron chi connectivity index (χ0n) is 13.3. The average molecular weight is 330 g/mol. The Kier molecular flexibility index (Phi) is 12.7. The molecule has 0 radical (unpaired) electrons. The van der Waals surface area contributed by atoms with Gasteiger partial charge >= 0.3 is 0 Å². The Balaban J connectivity index is 0.00000441. The second-order valence-corrected chi connectivity index (χ2v) is 4.77. The van der Waals surface area contributed by atoms with Crippen molar-refractivity contribution in [1.82, 2.24) is 5.32 Å². The SMILES string of the molecule is C=CCOc1ccc(CNCCCCCO)cc1OCC.Cl. The molecule has 0 spiro atoms. The van der Waals surface area contributed by atoms with E-state index in [2.05, 4.69) is 11.9 Å². The summed E-state index contributed by atoms with van der Waals surface area (Å²) in [4.78, 5) is 0. The molecular formula is C17H28ClNO3. The highest BCUT2D eigenvalue weighted by Crippen LogP contribution is 2.28. The second-order valence-electron chi connectivity index (χ2n) is 4.77. The van der Waals surface area contributed by atoms with E-state index in [0.717, 1.165) is 43.9 Å². The number of nitrogens with one attached hydrogen (secondary N) is 1. The molecule has 4 nitrogen and oxygen atoms in total. The summed E-state index contributed by atoms with van der Waals surface area (Å²) < 4.78 is 11.2. The Morgan fingerprint density at radius 3 is 2.68 bits per heavy atom. The molecular weight excluding hydrogens is 302 g/mol. The molecule has 5 heteroatoms. The van der Waals surface area contributed by atoms with E-state index in [-0.39, 0.29) is 19.0 Å². The van der Waals surface area contributed by atoms with Gasteiger partial charge in [0, 0.05) is 13.2 Å². The zero-order chi connectivity index (χ0) is 15.3. The lowest BCUT2D eigenvalue weighted by Crippen LogP contribution is -2.15. The third kappa shape index (κ3) is 8.27. The highest BCUT2D eigenvalue weighted by Gasteiger charge is 2.06. The molecule has 0 bridgehead atoms. The normalized spacial score (nSPS) is 9.91. The summed E-state index contributed by atoms with van der Waals surface area (Å²) in [6, 6.07) is 6.00. The summed E-state index contributed by atoms with van der Waals surface area (Å²) >= 11 is 0. The van der Waals surface area contributed by atoms with E-state index >= 15 is 0 Å². The van der Waals surface area contributed by atoms with Crippen LogP contribution in [-0.2, 0) is 6.54 Å². The van der Waals surface area contributed by atoms with Crippen molar-refractivity contribution in [3.8, 4) is 11.5 Å². The Morgan fingerprint density at radius 1 is 1.18 bits per heavy atom. The van der Waals surface area contributed by atoms with E-state index in [4.69, 9.17) is 14.6 Å². The molecule has 0 unspecified atom stereocenters. The second kappa shape index (κ2) is 13.4. The van der Waals surface area contributed by atoms with Gasteiger partial charge < -0.3 is 19.9 Å². The molecule has 0 aliphatic carbocycles. The minimum Gasteiger partial charge on any atom is -0.490 e. The lowest BCUT2D eigenvalue weighted by molar-refractivity contribution is 0.283. The smallest absolute Gasteiger partial charge is 0.161 e. The number of halogens is 1. The van der Waals surface area contributed by atoms with Crippen LogP contribution in [0.25, 0.3) is 0 Å². The fourth-order valence-electron chi connectivity index (χ4n) is 1.97. The maximum absolute atomic E-state index is 8.72. The predicted octanol–water partition coefficient (Wildman–Crippen LogP) is 3.32. The first-order valence-corrected chi connectivity index (χ1v) is 7.62. The number of ether oxygens (including phenoxy) is 2. The van der Waals surface area contributed by atoms with Gasteiger partial charge in [0.1, 0.15) is 6.61 Å². The first-order valence-electron chi connectivity index (χ1n) is 7.62. The van der Waals surface area contributed by atoms with Gasteiger partial charge in [-0.2, -0.15) is 0 Å². The van der Waals surface area contributed by atoms with Gasteiger partial charge in [0.2, 0.25) is 0 Å². The molecule has 2 N–H and O–H groups in total. The van der Waals surface area contributed by atoms with Gasteiger partial charge in [-0.1, -0.05) is 18.7 Å². The van der Waals surface area contributed by atoms with Crippen LogP contribution in [0.3, 0.4) is 0 Å². The molecule has 1 rings (SSSR count). The molecule has 22 heavy (non-hydrogen) atoms. The third-order valence-electron chi connectivity index (χ3n) is 3.01. The molecule has 0 heterocycles. The van der Waals surface area contributed by atoms with E-state index in [1.807, 2.05) is 25.1 Å². The topological polar surface area (TPSA) is 50.7 Å². The molecule has 0 aromatic heterocycles. The number of aliphatic hydroxyl groups is 1. The summed E-state index contributed by atoms with van der Waals surface area (Å²) in [7, 11) is 0. The lowest BCUT2D eigenvalue weighted by atomic mass is 10.2. The number of hydrogen-bond acceptors (Lipinski definition) is 4. The minimum absolute atomic E-state index is 0. The number of hydrogen-bond donors (Lipinski definition) is 2. The average Bonchev–Trinajstić information content (AvgIpc) is 2.50. The maximum atomic E-state index is 8.72. The van der Waals surface area contributed by atoms with E-state index in [1.165, 1.54) is 5.56 Å². The summed E-state index contributed by atoms with van der Waals surface area (Å²) in [6.45, 7) is 8.74. The van der Waals surface area contributed by atoms with Crippen molar-refractivity contribution in [3.05, 3.63) is 36.4 Å². The van der Waals surface area contributed by atoms with Gasteiger partial charge in [0.25, 0.3) is 0 Å². The standard InChI is InChI=1S/C17H27NO3.ClH/c1-3-12-21-16-9-8-15(13-17(16)20-4-2)14-18-10-6-5-7-11-19;/h3,8-9,13,18-19H,1,4-7,10-12,14H2,2H3;1H. The lowest BCUT2D eigenvalue weighted by Gasteiger charge is -2.13. The molecule has 0 aliphatic rings. The highest BCUT2D eigenvalue weighted by atomic mass is 35.5. The monoisotopic (exact) mass is 329 g/mol. The van der Waals surface area contributed by atoms with Crippen LogP contribution in [0.15, 0.2) is 30.9 Å². The highest BCUT2D eigenvalue weighted by molar-refractivity contribution is 5.85. The number of unbranched alkanes of at least 4 members (excludes halogenated alkanes) is 2. The Hall–Kier alpha value is -1.23. The van der Waals surface area contributed by atoms with Crippen molar-refractivity contribution in [2.75, 3.05) is 26.4 Å².